The first-order chi connectivity index (χ1) is 8.92. The second kappa shape index (κ2) is 6.74. The summed E-state index contributed by atoms with van der Waals surface area (Å²) in [6.45, 7) is 3.75. The van der Waals surface area contributed by atoms with Gasteiger partial charge in [-0.1, -0.05) is 30.1 Å². The minimum atomic E-state index is -0.517. The van der Waals surface area contributed by atoms with Crippen LogP contribution in [0.2, 0.25) is 10.0 Å². The second-order valence-corrected chi connectivity index (χ2v) is 4.87. The quantitative estimate of drug-likeness (QED) is 0.359. The molecule has 1 aromatic rings. The van der Waals surface area contributed by atoms with Gasteiger partial charge < -0.3 is 4.90 Å². The number of aliphatic imine (C=N–C) groups is 1. The maximum absolute atomic E-state index is 13.5. The van der Waals surface area contributed by atoms with Crippen LogP contribution in [0, 0.1) is 17.3 Å². The normalized spacial score (nSPS) is 13.0. The molecule has 0 aliphatic carbocycles. The molecule has 0 amide bonds. The molecule has 0 saturated carbocycles. The van der Waals surface area contributed by atoms with Crippen molar-refractivity contribution < 1.29 is 4.39 Å². The van der Waals surface area contributed by atoms with E-state index in [1.807, 2.05) is 13.8 Å². The van der Waals surface area contributed by atoms with Crippen LogP contribution in [-0.4, -0.2) is 17.8 Å². The average Bonchev–Trinajstić information content (AvgIpc) is 2.38. The minimum Gasteiger partial charge on any atom is -0.356 e. The molecule has 3 nitrogen and oxygen atoms in total. The van der Waals surface area contributed by atoms with E-state index < -0.39 is 5.82 Å². The summed E-state index contributed by atoms with van der Waals surface area (Å²) in [6.07, 6.45) is 2.36. The van der Waals surface area contributed by atoms with Crippen molar-refractivity contribution in [2.45, 2.75) is 26.3 Å². The van der Waals surface area contributed by atoms with E-state index in [4.69, 9.17) is 28.5 Å². The van der Waals surface area contributed by atoms with Crippen molar-refractivity contribution in [3.63, 3.8) is 0 Å². The highest BCUT2D eigenvalue weighted by Gasteiger charge is 2.19. The number of hydrogen-bond acceptors (Lipinski definition) is 2. The van der Waals surface area contributed by atoms with Crippen molar-refractivity contribution in [1.29, 1.82) is 5.26 Å². The Hall–Kier alpha value is -1.31. The van der Waals surface area contributed by atoms with Crippen molar-refractivity contribution in [2.24, 2.45) is 4.99 Å². The van der Waals surface area contributed by atoms with Gasteiger partial charge in [0.15, 0.2) is 0 Å². The van der Waals surface area contributed by atoms with Crippen LogP contribution in [0.4, 0.5) is 4.39 Å². The molecule has 0 bridgehead atoms. The van der Waals surface area contributed by atoms with Gasteiger partial charge in [-0.25, -0.2) is 4.39 Å². The van der Waals surface area contributed by atoms with Gasteiger partial charge in [-0.3, -0.25) is 0 Å². The van der Waals surface area contributed by atoms with Crippen LogP contribution in [0.3, 0.4) is 0 Å². The minimum absolute atomic E-state index is 0.00925. The van der Waals surface area contributed by atoms with E-state index in [-0.39, 0.29) is 11.1 Å². The Morgan fingerprint density at radius 1 is 1.47 bits per heavy atom. The monoisotopic (exact) mass is 301 g/mol. The summed E-state index contributed by atoms with van der Waals surface area (Å²) >= 11 is 11.8. The van der Waals surface area contributed by atoms with Crippen LogP contribution in [0.1, 0.15) is 31.9 Å². The molecule has 1 atom stereocenters. The van der Waals surface area contributed by atoms with E-state index in [9.17, 15) is 4.39 Å². The fourth-order valence-corrected chi connectivity index (χ4v) is 2.30. The lowest BCUT2D eigenvalue weighted by Crippen LogP contribution is -2.29. The van der Waals surface area contributed by atoms with Crippen molar-refractivity contribution >= 4 is 29.0 Å². The van der Waals surface area contributed by atoms with E-state index in [1.54, 1.807) is 18.1 Å². The zero-order valence-corrected chi connectivity index (χ0v) is 12.4. The highest BCUT2D eigenvalue weighted by Crippen LogP contribution is 2.31. The summed E-state index contributed by atoms with van der Waals surface area (Å²) in [6, 6.07) is 2.47. The highest BCUT2D eigenvalue weighted by atomic mass is 35.5. The zero-order valence-electron chi connectivity index (χ0n) is 10.9. The molecule has 1 aromatic carbocycles. The molecule has 0 aromatic heterocycles. The Morgan fingerprint density at radius 2 is 2.11 bits per heavy atom. The van der Waals surface area contributed by atoms with Gasteiger partial charge in [0.1, 0.15) is 11.7 Å². The number of rotatable bonds is 3. The molecule has 0 fully saturated rings. The molecule has 0 N–H and O–H groups in total. The number of amidine groups is 1. The van der Waals surface area contributed by atoms with Gasteiger partial charge in [-0.05, 0) is 24.6 Å². The topological polar surface area (TPSA) is 39.4 Å². The van der Waals surface area contributed by atoms with E-state index >= 15 is 0 Å². The molecule has 0 aliphatic rings. The molecule has 102 valence electrons. The predicted octanol–water partition coefficient (Wildman–Crippen LogP) is 4.41. The number of benzene rings is 1. The third kappa shape index (κ3) is 3.59. The van der Waals surface area contributed by atoms with Gasteiger partial charge in [0.2, 0.25) is 6.19 Å². The molecule has 0 radical (unpaired) electrons. The molecule has 1 rings (SSSR count). The average molecular weight is 302 g/mol. The Morgan fingerprint density at radius 3 is 2.63 bits per heavy atom. The predicted molar refractivity (Wildman–Crippen MR) is 75.9 cm³/mol. The summed E-state index contributed by atoms with van der Waals surface area (Å²) in [4.78, 5) is 5.53. The lowest BCUT2D eigenvalue weighted by atomic mass is 10.1. The largest absolute Gasteiger partial charge is 0.356 e. The maximum Gasteiger partial charge on any atom is 0.207 e. The molecule has 0 saturated heterocycles. The van der Waals surface area contributed by atoms with Crippen molar-refractivity contribution in [3.8, 4) is 6.19 Å². The summed E-state index contributed by atoms with van der Waals surface area (Å²) < 4.78 is 13.5. The fourth-order valence-electron chi connectivity index (χ4n) is 1.76. The first-order valence-electron chi connectivity index (χ1n) is 5.75. The van der Waals surface area contributed by atoms with Gasteiger partial charge >= 0.3 is 0 Å². The van der Waals surface area contributed by atoms with E-state index in [2.05, 4.69) is 4.99 Å². The zero-order chi connectivity index (χ0) is 14.6. The third-order valence-electron chi connectivity index (χ3n) is 2.97. The molecule has 0 aliphatic heterocycles. The van der Waals surface area contributed by atoms with Crippen molar-refractivity contribution in [3.05, 3.63) is 33.6 Å². The second-order valence-electron chi connectivity index (χ2n) is 4.06. The molecule has 19 heavy (non-hydrogen) atoms. The van der Waals surface area contributed by atoms with Crippen LogP contribution in [0.5, 0.6) is 0 Å². The smallest absolute Gasteiger partial charge is 0.207 e. The van der Waals surface area contributed by atoms with Crippen LogP contribution >= 0.6 is 23.2 Å². The summed E-state index contributed by atoms with van der Waals surface area (Å²) in [5.74, 6) is 0.0954. The van der Waals surface area contributed by atoms with Gasteiger partial charge in [-0.15, -0.1) is 0 Å². The summed E-state index contributed by atoms with van der Waals surface area (Å²) in [7, 11) is 1.78. The molecule has 0 spiro atoms. The Balaban J connectivity index is 3.13. The number of nitriles is 1. The first-order valence-corrected chi connectivity index (χ1v) is 6.50. The van der Waals surface area contributed by atoms with Gasteiger partial charge in [0, 0.05) is 18.5 Å². The van der Waals surface area contributed by atoms with Gasteiger partial charge in [0.25, 0.3) is 0 Å². The van der Waals surface area contributed by atoms with E-state index in [0.29, 0.717) is 22.8 Å². The highest BCUT2D eigenvalue weighted by molar-refractivity contribution is 6.35. The molecular weight excluding hydrogens is 288 g/mol. The maximum atomic E-state index is 13.5. The summed E-state index contributed by atoms with van der Waals surface area (Å²) in [5.41, 5.74) is 0.602. The van der Waals surface area contributed by atoms with E-state index in [1.165, 1.54) is 12.1 Å². The van der Waals surface area contributed by atoms with Crippen LogP contribution in [-0.2, 0) is 0 Å². The van der Waals surface area contributed by atoms with Gasteiger partial charge in [0.05, 0.1) is 11.1 Å². The summed E-state index contributed by atoms with van der Waals surface area (Å²) in [5, 5.41) is 9.01. The number of nitrogens with zero attached hydrogens (tertiary/aromatic N) is 3. The Kier molecular flexibility index (Phi) is 5.59. The number of halogens is 3. The Bertz CT molecular complexity index is 537. The lowest BCUT2D eigenvalue weighted by Gasteiger charge is -2.28. The molecular formula is C13H14Cl2FN3. The molecule has 6 heteroatoms. The fraction of sp³-hybridized carbons (Fsp3) is 0.385. The van der Waals surface area contributed by atoms with E-state index in [0.717, 1.165) is 0 Å². The Labute approximate surface area is 122 Å². The standard InChI is InChI=1S/C13H14Cl2FN3/c1-4-13(18-7-17)19(3)8(2)9-5-12(16)11(15)6-10(9)14/h5-6,8H,4H2,1-3H3. The van der Waals surface area contributed by atoms with Crippen LogP contribution < -0.4 is 0 Å². The lowest BCUT2D eigenvalue weighted by molar-refractivity contribution is 0.394. The third-order valence-corrected chi connectivity index (χ3v) is 3.59. The molecule has 1 unspecified atom stereocenters. The SMILES string of the molecule is CCC(=NC#N)N(C)C(C)c1cc(F)c(Cl)cc1Cl. The first kappa shape index (κ1) is 15.7. The van der Waals surface area contributed by atoms with Crippen LogP contribution in [0.15, 0.2) is 17.1 Å². The molecule has 0 heterocycles. The van der Waals surface area contributed by atoms with Crippen molar-refractivity contribution in [2.75, 3.05) is 7.05 Å². The van der Waals surface area contributed by atoms with Crippen LogP contribution in [0.25, 0.3) is 0 Å². The van der Waals surface area contributed by atoms with Crippen molar-refractivity contribution in [1.82, 2.24) is 4.90 Å². The number of hydrogen-bond donors (Lipinski definition) is 0. The van der Waals surface area contributed by atoms with Gasteiger partial charge in [-0.2, -0.15) is 10.3 Å².